The van der Waals surface area contributed by atoms with Crippen molar-refractivity contribution in [3.05, 3.63) is 175 Å². The van der Waals surface area contributed by atoms with Crippen LogP contribution >= 0.6 is 0 Å². The summed E-state index contributed by atoms with van der Waals surface area (Å²) in [5.41, 5.74) is 2.85. The number of benzene rings is 5. The number of esters is 1. The molecule has 1 N–H and O–H groups in total. The monoisotopic (exact) mass is 745 g/mol. The van der Waals surface area contributed by atoms with Crippen LogP contribution in [0.1, 0.15) is 37.5 Å². The zero-order chi connectivity index (χ0) is 34.7. The number of aliphatic hydroxyl groups excluding tert-OH is 1. The molecule has 1 aliphatic heterocycles. The van der Waals surface area contributed by atoms with Gasteiger partial charge in [-0.1, -0.05) is 0 Å². The van der Waals surface area contributed by atoms with Crippen LogP contribution in [0.5, 0.6) is 0 Å². The third-order valence-electron chi connectivity index (χ3n) is 9.46. The third-order valence-corrected chi connectivity index (χ3v) is 16.0. The van der Waals surface area contributed by atoms with Crippen molar-refractivity contribution < 1.29 is 28.7 Å². The minimum absolute atomic E-state index is 0.109. The fourth-order valence-electron chi connectivity index (χ4n) is 7.03. The number of hydrogen-bond acceptors (Lipinski definition) is 6. The minimum atomic E-state index is -3.34. The number of fused-ring (bicyclic) bond motifs is 1. The first-order valence-corrected chi connectivity index (χ1v) is 20.1. The molecule has 7 rings (SSSR count). The van der Waals surface area contributed by atoms with E-state index in [4.69, 9.17) is 9.16 Å². The molecular weight excluding hydrogens is 709 g/mol. The Balaban J connectivity index is 1.38. The number of hydrogen-bond donors (Lipinski definition) is 1. The first kappa shape index (κ1) is 33.6. The Bertz CT molecular complexity index is 1940. The van der Waals surface area contributed by atoms with Crippen molar-refractivity contribution in [2.24, 2.45) is 0 Å². The second kappa shape index (κ2) is 14.1. The fourth-order valence-corrected chi connectivity index (χ4v) is 13.6. The van der Waals surface area contributed by atoms with Gasteiger partial charge in [-0.25, -0.2) is 0 Å². The van der Waals surface area contributed by atoms with E-state index in [-0.39, 0.29) is 13.0 Å². The van der Waals surface area contributed by atoms with Gasteiger partial charge in [-0.15, -0.1) is 0 Å². The summed E-state index contributed by atoms with van der Waals surface area (Å²) in [7, 11) is -3.34. The Labute approximate surface area is 298 Å². The number of rotatable bonds is 11. The van der Waals surface area contributed by atoms with Crippen LogP contribution in [0.15, 0.2) is 158 Å². The topological polar surface area (TPSA) is 93.1 Å². The molecule has 2 aliphatic rings. The maximum atomic E-state index is 13.9. The molecule has 5 aromatic rings. The van der Waals surface area contributed by atoms with E-state index in [9.17, 15) is 19.5 Å². The van der Waals surface area contributed by atoms with Gasteiger partial charge >= 0.3 is 300 Å². The van der Waals surface area contributed by atoms with Gasteiger partial charge in [0.1, 0.15) is 0 Å². The Hall–Kier alpha value is -4.89. The Morgan fingerprint density at radius 2 is 1.26 bits per heavy atom. The van der Waals surface area contributed by atoms with E-state index in [1.54, 1.807) is 48.5 Å². The SMILES string of the molecule is C=C[Si](O[C@H]1[C@@H](O)[C@H](N2C(=O)c3ccccc3C2=O)C[C@@]1(COC(=O)c1ccccc1)[Se]c1ccccc1)(c1ccccc1)c1ccccc1. The van der Waals surface area contributed by atoms with E-state index in [2.05, 4.69) is 6.58 Å². The molecule has 7 nitrogen and oxygen atoms in total. The van der Waals surface area contributed by atoms with Gasteiger partial charge < -0.3 is 0 Å². The standard InChI is InChI=1S/C41H35NO6SeSi/c1-2-50(31-21-11-5-12-22-31,32-23-13-6-14-24-32)48-37-36(43)35(42-38(44)33-25-15-16-26-34(33)39(42)45)27-41(37,49-30-19-9-4-10-20-30)28-47-40(46)29-17-7-3-8-18-29/h2-26,35-37,43H,1,27-28H2/t35-,36+,37+,41+/m1/s1. The first-order chi connectivity index (χ1) is 24.4. The number of aliphatic hydroxyl groups is 1. The van der Waals surface area contributed by atoms with Crippen molar-refractivity contribution in [1.29, 1.82) is 0 Å². The molecule has 0 saturated heterocycles. The second-order valence-corrected chi connectivity index (χ2v) is 18.8. The number of carbonyl (C=O) groups is 3. The van der Waals surface area contributed by atoms with Gasteiger partial charge in [-0.05, 0) is 0 Å². The normalized spacial score (nSPS) is 21.5. The zero-order valence-corrected chi connectivity index (χ0v) is 29.8. The molecule has 50 heavy (non-hydrogen) atoms. The van der Waals surface area contributed by atoms with Crippen LogP contribution in [-0.2, 0) is 9.16 Å². The van der Waals surface area contributed by atoms with Crippen molar-refractivity contribution in [3.63, 3.8) is 0 Å². The van der Waals surface area contributed by atoms with E-state index >= 15 is 0 Å². The molecule has 0 unspecified atom stereocenters. The van der Waals surface area contributed by atoms with Crippen LogP contribution in [0.4, 0.5) is 0 Å². The molecule has 1 aliphatic carbocycles. The summed E-state index contributed by atoms with van der Waals surface area (Å²) < 4.78 is 13.6. The van der Waals surface area contributed by atoms with Crippen LogP contribution in [0.25, 0.3) is 0 Å². The van der Waals surface area contributed by atoms with Crippen molar-refractivity contribution in [3.8, 4) is 0 Å². The average Bonchev–Trinajstić information content (AvgIpc) is 3.58. The molecule has 0 spiro atoms. The molecule has 0 bridgehead atoms. The molecule has 1 saturated carbocycles. The summed E-state index contributed by atoms with van der Waals surface area (Å²) in [6, 6.07) is 44.0. The molecule has 9 heteroatoms. The summed E-state index contributed by atoms with van der Waals surface area (Å²) in [5, 5.41) is 14.4. The Kier molecular flexibility index (Phi) is 9.51. The summed E-state index contributed by atoms with van der Waals surface area (Å²) >= 11 is -0.473. The predicted molar refractivity (Wildman–Crippen MR) is 196 cm³/mol. The Morgan fingerprint density at radius 3 is 1.78 bits per heavy atom. The summed E-state index contributed by atoms with van der Waals surface area (Å²) in [4.78, 5) is 42.5. The van der Waals surface area contributed by atoms with Crippen molar-refractivity contribution in [1.82, 2.24) is 4.90 Å². The molecule has 0 radical (unpaired) electrons. The van der Waals surface area contributed by atoms with Gasteiger partial charge in [0.05, 0.1) is 0 Å². The third kappa shape index (κ3) is 6.08. The number of imide groups is 1. The number of ether oxygens (including phenoxy) is 1. The predicted octanol–water partition coefficient (Wildman–Crippen LogP) is 4.33. The van der Waals surface area contributed by atoms with Gasteiger partial charge in [0.15, 0.2) is 0 Å². The van der Waals surface area contributed by atoms with Gasteiger partial charge in [0.25, 0.3) is 0 Å². The molecule has 0 aromatic heterocycles. The maximum absolute atomic E-state index is 13.9. The molecule has 4 atom stereocenters. The average molecular weight is 745 g/mol. The molecule has 2 amide bonds. The van der Waals surface area contributed by atoms with Gasteiger partial charge in [0, 0.05) is 0 Å². The molecule has 1 fully saturated rings. The van der Waals surface area contributed by atoms with Gasteiger partial charge in [0.2, 0.25) is 0 Å². The van der Waals surface area contributed by atoms with E-state index in [0.717, 1.165) is 14.8 Å². The summed E-state index contributed by atoms with van der Waals surface area (Å²) in [5.74, 6) is -1.43. The van der Waals surface area contributed by atoms with E-state index in [1.807, 2.05) is 103 Å². The summed E-state index contributed by atoms with van der Waals surface area (Å²) in [6.07, 6.45) is -2.12. The van der Waals surface area contributed by atoms with Crippen LogP contribution in [0.3, 0.4) is 0 Å². The van der Waals surface area contributed by atoms with Crippen molar-refractivity contribution in [2.75, 3.05) is 6.61 Å². The number of carbonyl (C=O) groups excluding carboxylic acids is 3. The molecular formula is C41H35NO6SeSi. The molecule has 5 aromatic carbocycles. The van der Waals surface area contributed by atoms with Gasteiger partial charge in [-0.2, -0.15) is 0 Å². The van der Waals surface area contributed by atoms with E-state index in [0.29, 0.717) is 16.7 Å². The molecule has 250 valence electrons. The van der Waals surface area contributed by atoms with Crippen LogP contribution in [0.2, 0.25) is 4.31 Å². The van der Waals surface area contributed by atoms with E-state index < -0.39 is 63.6 Å². The van der Waals surface area contributed by atoms with Crippen molar-refractivity contribution in [2.45, 2.75) is 29.0 Å². The van der Waals surface area contributed by atoms with Crippen LogP contribution < -0.4 is 14.8 Å². The Morgan fingerprint density at radius 1 is 0.780 bits per heavy atom. The fraction of sp³-hybridized carbons (Fsp3) is 0.146. The number of amides is 2. The number of nitrogens with zero attached hydrogens (tertiary/aromatic N) is 1. The van der Waals surface area contributed by atoms with Crippen LogP contribution in [0, 0.1) is 0 Å². The first-order valence-electron chi connectivity index (χ1n) is 16.4. The quantitative estimate of drug-likeness (QED) is 0.123. The van der Waals surface area contributed by atoms with Gasteiger partial charge in [-0.3, -0.25) is 0 Å². The van der Waals surface area contributed by atoms with Crippen molar-refractivity contribution >= 4 is 55.9 Å². The second-order valence-electron chi connectivity index (χ2n) is 12.4. The zero-order valence-electron chi connectivity index (χ0n) is 27.1. The summed E-state index contributed by atoms with van der Waals surface area (Å²) in [6.45, 7) is 4.19. The molecule has 1 heterocycles. The van der Waals surface area contributed by atoms with E-state index in [1.165, 1.54) is 4.90 Å². The van der Waals surface area contributed by atoms with Crippen LogP contribution in [-0.4, -0.2) is 75.9 Å².